The number of nitrogens with zero attached hydrogens (tertiary/aromatic N) is 3. The summed E-state index contributed by atoms with van der Waals surface area (Å²) >= 11 is 0. The third kappa shape index (κ3) is 3.49. The molecule has 0 fully saturated rings. The smallest absolute Gasteiger partial charge is 0.251 e. The fraction of sp³-hybridized carbons (Fsp3) is 0.182. The highest BCUT2D eigenvalue weighted by Crippen LogP contribution is 2.21. The minimum atomic E-state index is -0.0838. The first-order valence-electron chi connectivity index (χ1n) is 9.16. The molecular weight excluding hydrogens is 352 g/mol. The molecule has 0 aliphatic rings. The van der Waals surface area contributed by atoms with Gasteiger partial charge in [0.1, 0.15) is 11.6 Å². The van der Waals surface area contributed by atoms with Crippen LogP contribution in [0, 0.1) is 0 Å². The Kier molecular flexibility index (Phi) is 4.85. The van der Waals surface area contributed by atoms with Crippen LogP contribution >= 0.6 is 0 Å². The molecule has 142 valence electrons. The normalized spacial score (nSPS) is 10.9. The van der Waals surface area contributed by atoms with E-state index in [1.54, 1.807) is 7.11 Å². The zero-order chi connectivity index (χ0) is 19.5. The number of aryl methyl sites for hydroxylation is 1. The lowest BCUT2D eigenvalue weighted by molar-refractivity contribution is 0.0954. The van der Waals surface area contributed by atoms with Crippen molar-refractivity contribution in [3.05, 3.63) is 78.4 Å². The van der Waals surface area contributed by atoms with Crippen LogP contribution < -0.4 is 10.1 Å². The Morgan fingerprint density at radius 3 is 2.57 bits per heavy atom. The molecule has 2 aromatic heterocycles. The molecule has 4 rings (SSSR count). The van der Waals surface area contributed by atoms with E-state index in [1.807, 2.05) is 83.2 Å². The maximum atomic E-state index is 12.4. The molecule has 28 heavy (non-hydrogen) atoms. The van der Waals surface area contributed by atoms with Crippen LogP contribution in [0.15, 0.2) is 67.0 Å². The number of imidazole rings is 1. The third-order valence-corrected chi connectivity index (χ3v) is 4.85. The standard InChI is InChI=1S/C22H22N4O2/c1-25-20-10-9-18(28-2)15-19(20)24-21(25)11-12-23-22(27)16-5-7-17(8-6-16)26-13-3-4-14-26/h3-10,13-15H,11-12H2,1-2H3,(H,23,27). The van der Waals surface area contributed by atoms with Crippen LogP contribution in [-0.4, -0.2) is 33.7 Å². The van der Waals surface area contributed by atoms with Gasteiger partial charge in [0.15, 0.2) is 0 Å². The summed E-state index contributed by atoms with van der Waals surface area (Å²) in [5.74, 6) is 1.62. The number of methoxy groups -OCH3 is 1. The SMILES string of the molecule is COc1ccc2c(c1)nc(CCNC(=O)c1ccc(-n3cccc3)cc1)n2C. The van der Waals surface area contributed by atoms with Crippen LogP contribution in [-0.2, 0) is 13.5 Å². The minimum Gasteiger partial charge on any atom is -0.497 e. The molecular formula is C22H22N4O2. The van der Waals surface area contributed by atoms with Gasteiger partial charge >= 0.3 is 0 Å². The number of ether oxygens (including phenoxy) is 1. The number of hydrogen-bond acceptors (Lipinski definition) is 3. The summed E-state index contributed by atoms with van der Waals surface area (Å²) in [5, 5.41) is 2.97. The van der Waals surface area contributed by atoms with Gasteiger partial charge in [-0.1, -0.05) is 0 Å². The molecule has 1 N–H and O–H groups in total. The highest BCUT2D eigenvalue weighted by atomic mass is 16.5. The van der Waals surface area contributed by atoms with Crippen LogP contribution in [0.1, 0.15) is 16.2 Å². The first-order chi connectivity index (χ1) is 13.7. The van der Waals surface area contributed by atoms with E-state index in [0.29, 0.717) is 18.5 Å². The third-order valence-electron chi connectivity index (χ3n) is 4.85. The predicted octanol–water partition coefficient (Wildman–Crippen LogP) is 3.35. The van der Waals surface area contributed by atoms with Gasteiger partial charge in [0, 0.05) is 49.7 Å². The Hall–Kier alpha value is -3.54. The van der Waals surface area contributed by atoms with Gasteiger partial charge in [0.2, 0.25) is 0 Å². The molecule has 0 aliphatic heterocycles. The van der Waals surface area contributed by atoms with Gasteiger partial charge in [-0.3, -0.25) is 4.79 Å². The quantitative estimate of drug-likeness (QED) is 0.563. The lowest BCUT2D eigenvalue weighted by Gasteiger charge is -2.07. The second-order valence-electron chi connectivity index (χ2n) is 6.58. The Morgan fingerprint density at radius 2 is 1.86 bits per heavy atom. The Balaban J connectivity index is 1.39. The largest absolute Gasteiger partial charge is 0.497 e. The van der Waals surface area contributed by atoms with E-state index in [2.05, 4.69) is 10.3 Å². The molecule has 0 bridgehead atoms. The number of nitrogens with one attached hydrogen (secondary N) is 1. The Morgan fingerprint density at radius 1 is 1.11 bits per heavy atom. The van der Waals surface area contributed by atoms with E-state index in [9.17, 15) is 4.79 Å². The zero-order valence-electron chi connectivity index (χ0n) is 15.9. The van der Waals surface area contributed by atoms with Crippen molar-refractivity contribution >= 4 is 16.9 Å². The summed E-state index contributed by atoms with van der Waals surface area (Å²) in [5.41, 5.74) is 3.61. The molecule has 0 saturated heterocycles. The van der Waals surface area contributed by atoms with E-state index in [1.165, 1.54) is 0 Å². The Bertz CT molecular complexity index is 1100. The first-order valence-corrected chi connectivity index (χ1v) is 9.16. The monoisotopic (exact) mass is 374 g/mol. The maximum Gasteiger partial charge on any atom is 0.251 e. The van der Waals surface area contributed by atoms with Crippen molar-refractivity contribution in [1.82, 2.24) is 19.4 Å². The van der Waals surface area contributed by atoms with Crippen molar-refractivity contribution in [3.63, 3.8) is 0 Å². The number of fused-ring (bicyclic) bond motifs is 1. The van der Waals surface area contributed by atoms with Crippen LogP contribution in [0.25, 0.3) is 16.7 Å². The number of carbonyl (C=O) groups excluding carboxylic acids is 1. The molecule has 0 atom stereocenters. The van der Waals surface area contributed by atoms with E-state index in [0.717, 1.165) is 28.3 Å². The fourth-order valence-corrected chi connectivity index (χ4v) is 3.26. The van der Waals surface area contributed by atoms with Crippen LogP contribution in [0.5, 0.6) is 5.75 Å². The predicted molar refractivity (Wildman–Crippen MR) is 109 cm³/mol. The number of aromatic nitrogens is 3. The lowest BCUT2D eigenvalue weighted by atomic mass is 10.2. The van der Waals surface area contributed by atoms with Crippen molar-refractivity contribution in [2.24, 2.45) is 7.05 Å². The Labute approximate surface area is 163 Å². The van der Waals surface area contributed by atoms with E-state index < -0.39 is 0 Å². The van der Waals surface area contributed by atoms with E-state index >= 15 is 0 Å². The molecule has 2 aromatic carbocycles. The molecule has 0 aliphatic carbocycles. The second-order valence-corrected chi connectivity index (χ2v) is 6.58. The van der Waals surface area contributed by atoms with Gasteiger partial charge in [-0.05, 0) is 48.5 Å². The van der Waals surface area contributed by atoms with E-state index in [-0.39, 0.29) is 5.91 Å². The van der Waals surface area contributed by atoms with Crippen LogP contribution in [0.4, 0.5) is 0 Å². The molecule has 0 spiro atoms. The summed E-state index contributed by atoms with van der Waals surface area (Å²) < 4.78 is 9.31. The van der Waals surface area contributed by atoms with Gasteiger partial charge in [0.05, 0.1) is 18.1 Å². The summed E-state index contributed by atoms with van der Waals surface area (Å²) in [7, 11) is 3.63. The number of carbonyl (C=O) groups is 1. The molecule has 6 nitrogen and oxygen atoms in total. The molecule has 0 saturated carbocycles. The van der Waals surface area contributed by atoms with Gasteiger partial charge in [0.25, 0.3) is 5.91 Å². The number of hydrogen-bond donors (Lipinski definition) is 1. The summed E-state index contributed by atoms with van der Waals surface area (Å²) in [6.07, 6.45) is 4.60. The molecule has 2 heterocycles. The number of rotatable bonds is 6. The average Bonchev–Trinajstić information content (AvgIpc) is 3.36. The first kappa shape index (κ1) is 17.9. The van der Waals surface area contributed by atoms with Gasteiger partial charge in [-0.25, -0.2) is 4.98 Å². The number of amides is 1. The average molecular weight is 374 g/mol. The summed E-state index contributed by atoms with van der Waals surface area (Å²) in [6, 6.07) is 17.3. The van der Waals surface area contributed by atoms with Crippen molar-refractivity contribution in [3.8, 4) is 11.4 Å². The van der Waals surface area contributed by atoms with Crippen molar-refractivity contribution in [1.29, 1.82) is 0 Å². The fourth-order valence-electron chi connectivity index (χ4n) is 3.26. The van der Waals surface area contributed by atoms with E-state index in [4.69, 9.17) is 4.74 Å². The van der Waals surface area contributed by atoms with Crippen LogP contribution in [0.2, 0.25) is 0 Å². The van der Waals surface area contributed by atoms with Gasteiger partial charge < -0.3 is 19.2 Å². The number of benzene rings is 2. The van der Waals surface area contributed by atoms with Gasteiger partial charge in [-0.15, -0.1) is 0 Å². The minimum absolute atomic E-state index is 0.0838. The lowest BCUT2D eigenvalue weighted by Crippen LogP contribution is -2.26. The highest BCUT2D eigenvalue weighted by molar-refractivity contribution is 5.94. The summed E-state index contributed by atoms with van der Waals surface area (Å²) in [6.45, 7) is 0.520. The molecule has 1 amide bonds. The van der Waals surface area contributed by atoms with Crippen molar-refractivity contribution < 1.29 is 9.53 Å². The molecule has 0 unspecified atom stereocenters. The zero-order valence-corrected chi connectivity index (χ0v) is 15.9. The highest BCUT2D eigenvalue weighted by Gasteiger charge is 2.10. The van der Waals surface area contributed by atoms with Gasteiger partial charge in [-0.2, -0.15) is 0 Å². The van der Waals surface area contributed by atoms with Crippen molar-refractivity contribution in [2.75, 3.05) is 13.7 Å². The topological polar surface area (TPSA) is 61.1 Å². The molecule has 4 aromatic rings. The summed E-state index contributed by atoms with van der Waals surface area (Å²) in [4.78, 5) is 17.1. The van der Waals surface area contributed by atoms with Crippen molar-refractivity contribution in [2.45, 2.75) is 6.42 Å². The maximum absolute atomic E-state index is 12.4. The molecule has 6 heteroatoms. The van der Waals surface area contributed by atoms with Crippen LogP contribution in [0.3, 0.4) is 0 Å². The second kappa shape index (κ2) is 7.60. The molecule has 0 radical (unpaired) electrons.